The van der Waals surface area contributed by atoms with Gasteiger partial charge >= 0.3 is 0 Å². The number of H-pyrrole nitrogens is 1. The molecule has 1 aromatic carbocycles. The van der Waals surface area contributed by atoms with Gasteiger partial charge in [-0.1, -0.05) is 19.3 Å². The molecule has 2 unspecified atom stereocenters. The van der Waals surface area contributed by atoms with E-state index < -0.39 is 0 Å². The lowest BCUT2D eigenvalue weighted by molar-refractivity contribution is -0.121. The minimum absolute atomic E-state index is 0.148. The van der Waals surface area contributed by atoms with Crippen molar-refractivity contribution < 1.29 is 9.59 Å². The number of aryl methyl sites for hydroxylation is 3. The van der Waals surface area contributed by atoms with Crippen LogP contribution in [0, 0.1) is 38.5 Å². The summed E-state index contributed by atoms with van der Waals surface area (Å²) in [5, 5.41) is 7.13. The number of aromatic amines is 1. The number of nitrogens with zero attached hydrogens (tertiary/aromatic N) is 4. The quantitative estimate of drug-likeness (QED) is 0.131. The summed E-state index contributed by atoms with van der Waals surface area (Å²) < 4.78 is 2.22. The molecule has 3 N–H and O–H groups in total. The van der Waals surface area contributed by atoms with Gasteiger partial charge in [0, 0.05) is 104 Å². The maximum atomic E-state index is 13.9. The minimum Gasteiger partial charge on any atom is -0.355 e. The number of hydrogen-bond donors (Lipinski definition) is 3. The van der Waals surface area contributed by atoms with Crippen LogP contribution in [0.2, 0.25) is 0 Å². The zero-order chi connectivity index (χ0) is 38.6. The van der Waals surface area contributed by atoms with E-state index >= 15 is 0 Å². The summed E-state index contributed by atoms with van der Waals surface area (Å²) in [6.45, 7) is 15.4. The first-order valence-corrected chi connectivity index (χ1v) is 20.9. The number of amides is 2. The van der Waals surface area contributed by atoms with Crippen molar-refractivity contribution in [2.45, 2.75) is 105 Å². The number of rotatable bonds is 13. The van der Waals surface area contributed by atoms with Gasteiger partial charge in [-0.2, -0.15) is 0 Å². The summed E-state index contributed by atoms with van der Waals surface area (Å²) in [5.74, 6) is 3.69. The van der Waals surface area contributed by atoms with Crippen molar-refractivity contribution in [3.8, 4) is 11.1 Å². The Hall–Kier alpha value is -4.44. The van der Waals surface area contributed by atoms with Gasteiger partial charge in [0.05, 0.1) is 0 Å². The Kier molecular flexibility index (Phi) is 12.1. The Morgan fingerprint density at radius 3 is 2.38 bits per heavy atom. The Morgan fingerprint density at radius 2 is 1.69 bits per heavy atom. The van der Waals surface area contributed by atoms with Crippen LogP contribution in [0.1, 0.15) is 110 Å². The summed E-state index contributed by atoms with van der Waals surface area (Å²) in [6, 6.07) is 10.4. The molecular weight excluding hydrogens is 687 g/mol. The van der Waals surface area contributed by atoms with Crippen molar-refractivity contribution in [3.05, 3.63) is 81.0 Å². The number of carbonyl (C=O) groups is 2. The van der Waals surface area contributed by atoms with Gasteiger partial charge in [-0.25, -0.2) is 4.98 Å². The van der Waals surface area contributed by atoms with E-state index in [4.69, 9.17) is 4.98 Å². The van der Waals surface area contributed by atoms with Crippen molar-refractivity contribution in [3.63, 3.8) is 0 Å². The molecule has 2 aliphatic carbocycles. The van der Waals surface area contributed by atoms with Crippen molar-refractivity contribution >= 4 is 28.5 Å². The Balaban J connectivity index is 0.930. The smallest absolute Gasteiger partial charge is 0.253 e. The molecule has 1 saturated heterocycles. The van der Waals surface area contributed by atoms with Crippen LogP contribution in [-0.4, -0.2) is 70.5 Å². The Morgan fingerprint density at radius 1 is 0.927 bits per heavy atom. The average molecular weight is 748 g/mol. The molecule has 2 bridgehead atoms. The third-order valence-corrected chi connectivity index (χ3v) is 12.6. The molecule has 3 fully saturated rings. The number of fused-ring (bicyclic) bond motifs is 3. The lowest BCUT2D eigenvalue weighted by Gasteiger charge is -2.39. The molecule has 0 radical (unpaired) electrons. The number of aromatic nitrogens is 3. The predicted octanol–water partition coefficient (Wildman–Crippen LogP) is 7.45. The lowest BCUT2D eigenvalue weighted by atomic mass is 9.67. The van der Waals surface area contributed by atoms with Crippen LogP contribution in [0.3, 0.4) is 0 Å². The van der Waals surface area contributed by atoms with E-state index in [-0.39, 0.29) is 30.0 Å². The highest BCUT2D eigenvalue weighted by Gasteiger charge is 2.31. The van der Waals surface area contributed by atoms with Gasteiger partial charge in [-0.15, -0.1) is 0 Å². The van der Waals surface area contributed by atoms with Crippen LogP contribution in [-0.2, 0) is 11.3 Å². The SMILES string of the molecule is Cc1cc(C)c(CNC(=O)c2cc(-c3ccc(N4CCN(CCNC(=O)CCCC5CC6CCCC(C5)C6)CC4)nc3)cc3c2c(C)cn3C(C)C)c(=O)[nH]1. The fourth-order valence-electron chi connectivity index (χ4n) is 9.77. The Labute approximate surface area is 326 Å². The highest BCUT2D eigenvalue weighted by molar-refractivity contribution is 6.09. The molecule has 294 valence electrons. The predicted molar refractivity (Wildman–Crippen MR) is 222 cm³/mol. The maximum Gasteiger partial charge on any atom is 0.253 e. The van der Waals surface area contributed by atoms with Gasteiger partial charge in [0.15, 0.2) is 0 Å². The topological polar surface area (TPSA) is 115 Å². The van der Waals surface area contributed by atoms with E-state index in [2.05, 4.69) is 68.2 Å². The van der Waals surface area contributed by atoms with Crippen LogP contribution in [0.15, 0.2) is 47.5 Å². The molecule has 10 heteroatoms. The molecule has 55 heavy (non-hydrogen) atoms. The van der Waals surface area contributed by atoms with Crippen molar-refractivity contribution in [2.75, 3.05) is 44.2 Å². The number of anilines is 1. The summed E-state index contributed by atoms with van der Waals surface area (Å²) in [7, 11) is 0. The van der Waals surface area contributed by atoms with Gasteiger partial charge in [0.25, 0.3) is 11.5 Å². The Bertz CT molecular complexity index is 2030. The number of benzene rings is 1. The number of pyridine rings is 2. The molecule has 7 rings (SSSR count). The third kappa shape index (κ3) is 9.17. The molecule has 0 spiro atoms. The van der Waals surface area contributed by atoms with E-state index in [1.807, 2.05) is 39.1 Å². The molecule has 4 heterocycles. The van der Waals surface area contributed by atoms with E-state index in [1.54, 1.807) is 0 Å². The molecule has 2 saturated carbocycles. The van der Waals surface area contributed by atoms with Crippen molar-refractivity contribution in [1.82, 2.24) is 30.1 Å². The van der Waals surface area contributed by atoms with Gasteiger partial charge < -0.3 is 25.1 Å². The van der Waals surface area contributed by atoms with E-state index in [0.29, 0.717) is 24.1 Å². The van der Waals surface area contributed by atoms with Crippen LogP contribution >= 0.6 is 0 Å². The number of nitrogens with one attached hydrogen (secondary N) is 3. The van der Waals surface area contributed by atoms with Crippen LogP contribution < -0.4 is 21.1 Å². The highest BCUT2D eigenvalue weighted by atomic mass is 16.2. The maximum absolute atomic E-state index is 13.9. The van der Waals surface area contributed by atoms with Crippen molar-refractivity contribution in [1.29, 1.82) is 0 Å². The van der Waals surface area contributed by atoms with E-state index in [1.165, 1.54) is 44.9 Å². The molecule has 4 aromatic rings. The lowest BCUT2D eigenvalue weighted by Crippen LogP contribution is -2.48. The second-order valence-electron chi connectivity index (χ2n) is 17.1. The van der Waals surface area contributed by atoms with Gasteiger partial charge in [0.2, 0.25) is 5.91 Å². The average Bonchev–Trinajstić information content (AvgIpc) is 3.50. The summed E-state index contributed by atoms with van der Waals surface area (Å²) in [6.07, 6.45) is 15.5. The van der Waals surface area contributed by atoms with Gasteiger partial charge in [-0.05, 0) is 131 Å². The molecule has 3 aliphatic rings. The van der Waals surface area contributed by atoms with E-state index in [0.717, 1.165) is 102 Å². The van der Waals surface area contributed by atoms with Crippen molar-refractivity contribution in [2.24, 2.45) is 17.8 Å². The highest BCUT2D eigenvalue weighted by Crippen LogP contribution is 2.44. The normalized spacial score (nSPS) is 20.3. The molecule has 2 amide bonds. The fourth-order valence-corrected chi connectivity index (χ4v) is 9.77. The van der Waals surface area contributed by atoms with Crippen LogP contribution in [0.5, 0.6) is 0 Å². The molecular formula is C45H61N7O3. The fraction of sp³-hybridized carbons (Fsp3) is 0.556. The monoisotopic (exact) mass is 747 g/mol. The molecule has 1 aliphatic heterocycles. The second kappa shape index (κ2) is 17.1. The zero-order valence-electron chi connectivity index (χ0n) is 33.7. The largest absolute Gasteiger partial charge is 0.355 e. The minimum atomic E-state index is -0.214. The number of piperazine rings is 1. The van der Waals surface area contributed by atoms with E-state index in [9.17, 15) is 14.4 Å². The molecule has 2 atom stereocenters. The summed E-state index contributed by atoms with van der Waals surface area (Å²) in [4.78, 5) is 51.6. The summed E-state index contributed by atoms with van der Waals surface area (Å²) >= 11 is 0. The number of carbonyl (C=O) groups excluding carboxylic acids is 2. The first kappa shape index (κ1) is 38.8. The second-order valence-corrected chi connectivity index (χ2v) is 17.1. The molecule has 10 nitrogen and oxygen atoms in total. The number of hydrogen-bond acceptors (Lipinski definition) is 6. The van der Waals surface area contributed by atoms with Gasteiger partial charge in [0.1, 0.15) is 5.82 Å². The zero-order valence-corrected chi connectivity index (χ0v) is 33.7. The standard InChI is InChI=1S/C45H61N7O3/c1-29(2)52-28-31(4)43-38(44(54)48-27-39-30(3)20-32(5)49-45(39)55)24-37(25-40(43)52)36-12-13-41(47-26-36)51-18-16-50(17-19-51)15-14-46-42(53)11-7-10-35-22-33-8-6-9-34(21-33)23-35/h12-13,20,24-26,28-29,33-35H,6-11,14-19,21-23,27H2,1-5H3,(H,46,53)(H,48,54)(H,49,55). The van der Waals surface area contributed by atoms with Gasteiger partial charge in [-0.3, -0.25) is 19.3 Å². The third-order valence-electron chi connectivity index (χ3n) is 12.6. The first-order chi connectivity index (χ1) is 26.5. The van der Waals surface area contributed by atoms with Crippen LogP contribution in [0.25, 0.3) is 22.0 Å². The van der Waals surface area contributed by atoms with Crippen LogP contribution in [0.4, 0.5) is 5.82 Å². The molecule has 3 aromatic heterocycles. The first-order valence-electron chi connectivity index (χ1n) is 20.9. The summed E-state index contributed by atoms with van der Waals surface area (Å²) in [5.41, 5.74) is 6.52.